The van der Waals surface area contributed by atoms with Gasteiger partial charge in [0.2, 0.25) is 5.91 Å². The third-order valence-electron chi connectivity index (χ3n) is 6.32. The van der Waals surface area contributed by atoms with Gasteiger partial charge in [-0.25, -0.2) is 4.79 Å². The van der Waals surface area contributed by atoms with Gasteiger partial charge in [0.15, 0.2) is 0 Å². The number of carbonyl (C=O) groups excluding carboxylic acids is 1. The van der Waals surface area contributed by atoms with Gasteiger partial charge in [0.1, 0.15) is 6.04 Å². The van der Waals surface area contributed by atoms with Gasteiger partial charge < -0.3 is 15.3 Å². The summed E-state index contributed by atoms with van der Waals surface area (Å²) in [6, 6.07) is 15.2. The summed E-state index contributed by atoms with van der Waals surface area (Å²) < 4.78 is 1.86. The van der Waals surface area contributed by atoms with E-state index in [0.717, 1.165) is 53.8 Å². The van der Waals surface area contributed by atoms with E-state index in [4.69, 9.17) is 0 Å². The Morgan fingerprint density at radius 2 is 1.93 bits per heavy atom. The molecule has 1 saturated heterocycles. The Balaban J connectivity index is 1.66. The molecule has 3 heterocycles. The van der Waals surface area contributed by atoms with Crippen molar-refractivity contribution < 1.29 is 14.7 Å². The predicted octanol–water partition coefficient (Wildman–Crippen LogP) is 3.22. The third-order valence-corrected chi connectivity index (χ3v) is 6.32. The van der Waals surface area contributed by atoms with Crippen LogP contribution in [0.2, 0.25) is 0 Å². The summed E-state index contributed by atoms with van der Waals surface area (Å²) in [4.78, 5) is 27.2. The van der Waals surface area contributed by atoms with Crippen LogP contribution in [0.1, 0.15) is 34.5 Å². The number of nitrogens with one attached hydrogen (secondary N) is 1. The minimum Gasteiger partial charge on any atom is -0.480 e. The van der Waals surface area contributed by atoms with Gasteiger partial charge in [-0.2, -0.15) is 0 Å². The quantitative estimate of drug-likeness (QED) is 0.700. The van der Waals surface area contributed by atoms with Crippen LogP contribution in [0.25, 0.3) is 10.9 Å². The maximum atomic E-state index is 13.4. The second-order valence-corrected chi connectivity index (χ2v) is 8.10. The second-order valence-electron chi connectivity index (χ2n) is 8.10. The van der Waals surface area contributed by atoms with E-state index in [1.165, 1.54) is 5.56 Å². The number of hydrogen-bond donors (Lipinski definition) is 2. The molecule has 30 heavy (non-hydrogen) atoms. The number of anilines is 1. The summed E-state index contributed by atoms with van der Waals surface area (Å²) >= 11 is 0. The van der Waals surface area contributed by atoms with E-state index < -0.39 is 12.0 Å². The van der Waals surface area contributed by atoms with Crippen LogP contribution in [0.15, 0.2) is 48.5 Å². The van der Waals surface area contributed by atoms with Gasteiger partial charge in [-0.15, -0.1) is 0 Å². The molecule has 3 aromatic rings. The number of nitrogens with zero attached hydrogens (tertiary/aromatic N) is 2. The highest BCUT2D eigenvalue weighted by Crippen LogP contribution is 2.38. The van der Waals surface area contributed by atoms with E-state index in [9.17, 15) is 14.7 Å². The number of fused-ring (bicyclic) bond motifs is 3. The molecular formula is C24H25N3O3. The zero-order chi connectivity index (χ0) is 20.7. The molecule has 0 amide bonds. The molecular weight excluding hydrogens is 378 g/mol. The molecule has 2 aromatic carbocycles. The van der Waals surface area contributed by atoms with Crippen molar-refractivity contribution in [3.05, 3.63) is 65.4 Å². The standard InChI is InChI=1S/C24H25N3O3/c28-22(14-16-6-2-1-3-7-16)27-19-9-4-8-18(26-13-5-10-20(26)24(29)30)23(19)17-11-12-25-15-21(17)27/h1-4,6-9,20,25H,5,10-15H2,(H,29,30). The van der Waals surface area contributed by atoms with E-state index >= 15 is 0 Å². The van der Waals surface area contributed by atoms with E-state index in [-0.39, 0.29) is 5.91 Å². The molecule has 5 rings (SSSR count). The van der Waals surface area contributed by atoms with Crippen molar-refractivity contribution in [2.45, 2.75) is 38.3 Å². The molecule has 1 aromatic heterocycles. The lowest BCUT2D eigenvalue weighted by atomic mass is 10.0. The number of aromatic nitrogens is 1. The minimum absolute atomic E-state index is 0.0458. The molecule has 0 saturated carbocycles. The fourth-order valence-corrected chi connectivity index (χ4v) is 5.01. The summed E-state index contributed by atoms with van der Waals surface area (Å²) in [6.07, 6.45) is 2.69. The number of carboxylic acid groups (broad SMARTS) is 1. The summed E-state index contributed by atoms with van der Waals surface area (Å²) in [7, 11) is 0. The van der Waals surface area contributed by atoms with Crippen LogP contribution >= 0.6 is 0 Å². The number of hydrogen-bond acceptors (Lipinski definition) is 4. The zero-order valence-corrected chi connectivity index (χ0v) is 16.8. The number of rotatable bonds is 4. The Morgan fingerprint density at radius 1 is 1.10 bits per heavy atom. The smallest absolute Gasteiger partial charge is 0.326 e. The number of aliphatic carboxylic acids is 1. The lowest BCUT2D eigenvalue weighted by molar-refractivity contribution is -0.138. The van der Waals surface area contributed by atoms with Crippen LogP contribution < -0.4 is 10.2 Å². The number of carboxylic acids is 1. The summed E-state index contributed by atoms with van der Waals surface area (Å²) in [6.45, 7) is 2.23. The largest absolute Gasteiger partial charge is 0.480 e. The first-order valence-corrected chi connectivity index (χ1v) is 10.6. The van der Waals surface area contributed by atoms with Gasteiger partial charge in [0.25, 0.3) is 0 Å². The highest BCUT2D eigenvalue weighted by Gasteiger charge is 2.33. The van der Waals surface area contributed by atoms with Crippen LogP contribution in [0.4, 0.5) is 5.69 Å². The van der Waals surface area contributed by atoms with Crippen molar-refractivity contribution in [1.82, 2.24) is 9.88 Å². The molecule has 6 heteroatoms. The van der Waals surface area contributed by atoms with Crippen LogP contribution in [0.5, 0.6) is 0 Å². The Morgan fingerprint density at radius 3 is 2.73 bits per heavy atom. The molecule has 1 unspecified atom stereocenters. The molecule has 2 N–H and O–H groups in total. The van der Waals surface area contributed by atoms with Crippen LogP contribution in [-0.2, 0) is 24.2 Å². The first kappa shape index (κ1) is 18.9. The molecule has 0 spiro atoms. The van der Waals surface area contributed by atoms with Gasteiger partial charge >= 0.3 is 5.97 Å². The lowest BCUT2D eigenvalue weighted by Crippen LogP contribution is -2.36. The maximum Gasteiger partial charge on any atom is 0.326 e. The molecule has 0 aliphatic carbocycles. The SMILES string of the molecule is O=C(O)C1CCCN1c1cccc2c1c1c(n2C(=O)Cc2ccccc2)CNCC1. The maximum absolute atomic E-state index is 13.4. The number of carbonyl (C=O) groups is 2. The van der Waals surface area contributed by atoms with E-state index in [1.54, 1.807) is 0 Å². The predicted molar refractivity (Wildman–Crippen MR) is 116 cm³/mol. The molecule has 2 aliphatic rings. The van der Waals surface area contributed by atoms with Crippen LogP contribution in [0.3, 0.4) is 0 Å². The summed E-state index contributed by atoms with van der Waals surface area (Å²) in [5.74, 6) is -0.732. The average molecular weight is 403 g/mol. The van der Waals surface area contributed by atoms with Crippen molar-refractivity contribution in [3.8, 4) is 0 Å². The topological polar surface area (TPSA) is 74.6 Å². The monoisotopic (exact) mass is 403 g/mol. The highest BCUT2D eigenvalue weighted by molar-refractivity contribution is 6.04. The van der Waals surface area contributed by atoms with Crippen molar-refractivity contribution in [3.63, 3.8) is 0 Å². The van der Waals surface area contributed by atoms with Gasteiger partial charge in [0, 0.05) is 29.9 Å². The Labute approximate surface area is 175 Å². The van der Waals surface area contributed by atoms with E-state index in [2.05, 4.69) is 5.32 Å². The van der Waals surface area contributed by atoms with Gasteiger partial charge in [-0.3, -0.25) is 9.36 Å². The minimum atomic E-state index is -0.778. The van der Waals surface area contributed by atoms with Crippen molar-refractivity contribution in [1.29, 1.82) is 0 Å². The van der Waals surface area contributed by atoms with Gasteiger partial charge in [0.05, 0.1) is 11.9 Å². The Kier molecular flexibility index (Phi) is 4.79. The summed E-state index contributed by atoms with van der Waals surface area (Å²) in [5, 5.41) is 14.1. The molecule has 154 valence electrons. The molecule has 1 atom stereocenters. The molecule has 6 nitrogen and oxygen atoms in total. The molecule has 0 bridgehead atoms. The Hall–Kier alpha value is -3.12. The van der Waals surface area contributed by atoms with Crippen LogP contribution in [0, 0.1) is 0 Å². The van der Waals surface area contributed by atoms with E-state index in [1.807, 2.05) is 58.0 Å². The van der Waals surface area contributed by atoms with Crippen molar-refractivity contribution in [2.75, 3.05) is 18.0 Å². The fourth-order valence-electron chi connectivity index (χ4n) is 5.01. The van der Waals surface area contributed by atoms with Gasteiger partial charge in [-0.05, 0) is 49.1 Å². The van der Waals surface area contributed by atoms with Gasteiger partial charge in [-0.1, -0.05) is 36.4 Å². The third kappa shape index (κ3) is 3.08. The first-order valence-electron chi connectivity index (χ1n) is 10.6. The second kappa shape index (κ2) is 7.61. The van der Waals surface area contributed by atoms with Crippen molar-refractivity contribution in [2.24, 2.45) is 0 Å². The van der Waals surface area contributed by atoms with E-state index in [0.29, 0.717) is 19.4 Å². The van der Waals surface area contributed by atoms with Crippen molar-refractivity contribution >= 4 is 28.5 Å². The normalized spacial score (nSPS) is 18.5. The highest BCUT2D eigenvalue weighted by atomic mass is 16.4. The number of benzene rings is 2. The zero-order valence-electron chi connectivity index (χ0n) is 16.8. The first-order chi connectivity index (χ1) is 14.6. The average Bonchev–Trinajstić information content (AvgIpc) is 3.37. The lowest BCUT2D eigenvalue weighted by Gasteiger charge is -2.25. The van der Waals surface area contributed by atoms with Crippen LogP contribution in [-0.4, -0.2) is 40.7 Å². The Bertz CT molecular complexity index is 1120. The molecule has 1 fully saturated rings. The summed E-state index contributed by atoms with van der Waals surface area (Å²) in [5.41, 5.74) is 5.01. The molecule has 0 radical (unpaired) electrons. The fraction of sp³-hybridized carbons (Fsp3) is 0.333. The molecule has 2 aliphatic heterocycles.